The molecule has 26 heavy (non-hydrogen) atoms. The van der Waals surface area contributed by atoms with E-state index >= 15 is 0 Å². The summed E-state index contributed by atoms with van der Waals surface area (Å²) in [5.41, 5.74) is 2.38. The zero-order valence-electron chi connectivity index (χ0n) is 15.0. The molecule has 2 aromatic carbocycles. The van der Waals surface area contributed by atoms with Crippen molar-refractivity contribution in [2.45, 2.75) is 24.7 Å². The summed E-state index contributed by atoms with van der Waals surface area (Å²) in [6.45, 7) is 3.62. The van der Waals surface area contributed by atoms with Crippen LogP contribution in [0.2, 0.25) is 0 Å². The summed E-state index contributed by atoms with van der Waals surface area (Å²) in [7, 11) is -3.48. The molecule has 0 N–H and O–H groups in total. The molecule has 1 aliphatic rings. The zero-order chi connectivity index (χ0) is 18.6. The van der Waals surface area contributed by atoms with E-state index in [1.54, 1.807) is 35.2 Å². The molecule has 6 heteroatoms. The summed E-state index contributed by atoms with van der Waals surface area (Å²) in [5, 5.41) is 0. The molecule has 1 amide bonds. The molecule has 3 rings (SSSR count). The van der Waals surface area contributed by atoms with E-state index in [4.69, 9.17) is 0 Å². The fourth-order valence-electron chi connectivity index (χ4n) is 3.21. The highest BCUT2D eigenvalue weighted by atomic mass is 32.2. The van der Waals surface area contributed by atoms with Gasteiger partial charge in [0.05, 0.1) is 4.90 Å². The number of carbonyl (C=O) groups excluding carboxylic acids is 1. The summed E-state index contributed by atoms with van der Waals surface area (Å²) >= 11 is 0. The van der Waals surface area contributed by atoms with Crippen LogP contribution in [0.3, 0.4) is 0 Å². The van der Waals surface area contributed by atoms with Crippen LogP contribution in [0.5, 0.6) is 0 Å². The van der Waals surface area contributed by atoms with Crippen LogP contribution >= 0.6 is 0 Å². The van der Waals surface area contributed by atoms with Gasteiger partial charge in [-0.2, -0.15) is 4.31 Å². The maximum atomic E-state index is 12.6. The Bertz CT molecular complexity index is 858. The van der Waals surface area contributed by atoms with Crippen molar-refractivity contribution in [3.63, 3.8) is 0 Å². The van der Waals surface area contributed by atoms with Crippen LogP contribution in [0, 0.1) is 6.92 Å². The van der Waals surface area contributed by atoms with Crippen molar-refractivity contribution in [2.24, 2.45) is 0 Å². The second kappa shape index (κ2) is 8.01. The molecule has 0 atom stereocenters. The topological polar surface area (TPSA) is 57.7 Å². The molecule has 5 nitrogen and oxygen atoms in total. The Morgan fingerprint density at radius 3 is 2.19 bits per heavy atom. The lowest BCUT2D eigenvalue weighted by Gasteiger charge is -2.34. The quantitative estimate of drug-likeness (QED) is 0.810. The Labute approximate surface area is 155 Å². The molecule has 1 saturated heterocycles. The molecule has 0 spiro atoms. The third-order valence-electron chi connectivity index (χ3n) is 4.84. The van der Waals surface area contributed by atoms with E-state index in [-0.39, 0.29) is 5.91 Å². The number of aryl methyl sites for hydroxylation is 2. The number of sulfonamides is 1. The smallest absolute Gasteiger partial charge is 0.243 e. The Hall–Kier alpha value is -2.18. The van der Waals surface area contributed by atoms with Crippen molar-refractivity contribution in [3.05, 3.63) is 65.7 Å². The van der Waals surface area contributed by atoms with Crippen LogP contribution in [-0.2, 0) is 21.2 Å². The summed E-state index contributed by atoms with van der Waals surface area (Å²) in [6.07, 6.45) is 1.17. The van der Waals surface area contributed by atoms with E-state index in [2.05, 4.69) is 0 Å². The Morgan fingerprint density at radius 1 is 0.923 bits per heavy atom. The van der Waals surface area contributed by atoms with E-state index in [0.29, 0.717) is 43.9 Å². The molecular weight excluding hydrogens is 348 g/mol. The summed E-state index contributed by atoms with van der Waals surface area (Å²) in [4.78, 5) is 14.5. The highest BCUT2D eigenvalue weighted by molar-refractivity contribution is 7.89. The number of benzene rings is 2. The maximum Gasteiger partial charge on any atom is 0.243 e. The van der Waals surface area contributed by atoms with Gasteiger partial charge in [-0.15, -0.1) is 0 Å². The fraction of sp³-hybridized carbons (Fsp3) is 0.350. The van der Waals surface area contributed by atoms with Crippen LogP contribution in [0.25, 0.3) is 0 Å². The minimum absolute atomic E-state index is 0.0880. The molecule has 0 saturated carbocycles. The lowest BCUT2D eigenvalue weighted by Crippen LogP contribution is -2.50. The van der Waals surface area contributed by atoms with Crippen molar-refractivity contribution >= 4 is 15.9 Å². The maximum absolute atomic E-state index is 12.6. The van der Waals surface area contributed by atoms with Gasteiger partial charge in [-0.05, 0) is 36.6 Å². The first kappa shape index (κ1) is 18.6. The van der Waals surface area contributed by atoms with Crippen molar-refractivity contribution in [2.75, 3.05) is 26.2 Å². The number of carbonyl (C=O) groups is 1. The zero-order valence-corrected chi connectivity index (χ0v) is 15.8. The van der Waals surface area contributed by atoms with Gasteiger partial charge in [0, 0.05) is 32.6 Å². The van der Waals surface area contributed by atoms with Gasteiger partial charge in [0.1, 0.15) is 0 Å². The van der Waals surface area contributed by atoms with Crippen LogP contribution < -0.4 is 0 Å². The molecule has 0 aromatic heterocycles. The molecule has 0 unspecified atom stereocenters. The first-order chi connectivity index (χ1) is 12.5. The van der Waals surface area contributed by atoms with E-state index in [1.807, 2.05) is 31.2 Å². The Kier molecular flexibility index (Phi) is 5.74. The van der Waals surface area contributed by atoms with Gasteiger partial charge in [-0.3, -0.25) is 4.79 Å². The number of nitrogens with zero attached hydrogens (tertiary/aromatic N) is 2. The van der Waals surface area contributed by atoms with Crippen LogP contribution in [0.1, 0.15) is 17.5 Å². The second-order valence-corrected chi connectivity index (χ2v) is 8.46. The summed E-state index contributed by atoms with van der Waals surface area (Å²) < 4.78 is 26.7. The summed E-state index contributed by atoms with van der Waals surface area (Å²) in [5.74, 6) is 0.0880. The van der Waals surface area contributed by atoms with Crippen molar-refractivity contribution < 1.29 is 13.2 Å². The molecule has 2 aromatic rings. The van der Waals surface area contributed by atoms with E-state index in [0.717, 1.165) is 0 Å². The van der Waals surface area contributed by atoms with Gasteiger partial charge in [-0.25, -0.2) is 8.42 Å². The molecule has 1 aliphatic heterocycles. The summed E-state index contributed by atoms with van der Waals surface area (Å²) in [6, 6.07) is 16.5. The van der Waals surface area contributed by atoms with Crippen molar-refractivity contribution in [1.82, 2.24) is 9.21 Å². The standard InChI is InChI=1S/C20H24N2O3S/c1-17-7-5-6-8-18(17)11-12-20(23)21-13-15-22(16-14-21)26(24,25)19-9-3-2-4-10-19/h2-10H,11-16H2,1H3. The third kappa shape index (κ3) is 4.14. The predicted molar refractivity (Wildman–Crippen MR) is 101 cm³/mol. The average molecular weight is 372 g/mol. The van der Waals surface area contributed by atoms with E-state index < -0.39 is 10.0 Å². The van der Waals surface area contributed by atoms with Gasteiger partial charge in [-0.1, -0.05) is 42.5 Å². The number of hydrogen-bond donors (Lipinski definition) is 0. The van der Waals surface area contributed by atoms with Crippen LogP contribution in [-0.4, -0.2) is 49.7 Å². The fourth-order valence-corrected chi connectivity index (χ4v) is 4.65. The minimum Gasteiger partial charge on any atom is -0.340 e. The number of rotatable bonds is 5. The lowest BCUT2D eigenvalue weighted by molar-refractivity contribution is -0.132. The van der Waals surface area contributed by atoms with Gasteiger partial charge in [0.15, 0.2) is 0 Å². The molecule has 138 valence electrons. The highest BCUT2D eigenvalue weighted by Crippen LogP contribution is 2.18. The largest absolute Gasteiger partial charge is 0.340 e. The number of hydrogen-bond acceptors (Lipinski definition) is 3. The highest BCUT2D eigenvalue weighted by Gasteiger charge is 2.29. The van der Waals surface area contributed by atoms with Gasteiger partial charge >= 0.3 is 0 Å². The molecular formula is C20H24N2O3S. The van der Waals surface area contributed by atoms with Gasteiger partial charge in [0.2, 0.25) is 15.9 Å². The average Bonchev–Trinajstić information content (AvgIpc) is 2.68. The molecule has 0 bridgehead atoms. The molecule has 0 radical (unpaired) electrons. The predicted octanol–water partition coefficient (Wildman–Crippen LogP) is 2.46. The normalized spacial score (nSPS) is 15.8. The Morgan fingerprint density at radius 2 is 1.54 bits per heavy atom. The van der Waals surface area contributed by atoms with Gasteiger partial charge < -0.3 is 4.90 Å². The van der Waals surface area contributed by atoms with E-state index in [9.17, 15) is 13.2 Å². The van der Waals surface area contributed by atoms with Crippen molar-refractivity contribution in [3.8, 4) is 0 Å². The van der Waals surface area contributed by atoms with E-state index in [1.165, 1.54) is 15.4 Å². The van der Waals surface area contributed by atoms with Crippen LogP contribution in [0.15, 0.2) is 59.5 Å². The lowest BCUT2D eigenvalue weighted by atomic mass is 10.0. The van der Waals surface area contributed by atoms with Crippen molar-refractivity contribution in [1.29, 1.82) is 0 Å². The molecule has 1 fully saturated rings. The SMILES string of the molecule is Cc1ccccc1CCC(=O)N1CCN(S(=O)(=O)c2ccccc2)CC1. The minimum atomic E-state index is -3.48. The Balaban J connectivity index is 1.55. The number of amides is 1. The van der Waals surface area contributed by atoms with Gasteiger partial charge in [0.25, 0.3) is 0 Å². The number of piperazine rings is 1. The second-order valence-electron chi connectivity index (χ2n) is 6.52. The van der Waals surface area contributed by atoms with Crippen LogP contribution in [0.4, 0.5) is 0 Å². The molecule has 1 heterocycles. The first-order valence-electron chi connectivity index (χ1n) is 8.86. The first-order valence-corrected chi connectivity index (χ1v) is 10.3. The molecule has 0 aliphatic carbocycles. The monoisotopic (exact) mass is 372 g/mol. The third-order valence-corrected chi connectivity index (χ3v) is 6.75.